The van der Waals surface area contributed by atoms with Crippen molar-refractivity contribution >= 4 is 41.1 Å². The number of nitrogens with zero attached hydrogens (tertiary/aromatic N) is 1. The molecule has 1 aliphatic rings. The van der Waals surface area contributed by atoms with Crippen LogP contribution < -0.4 is 10.6 Å². The zero-order valence-corrected chi connectivity index (χ0v) is 14.4. The molecule has 2 N–H and O–H groups in total. The summed E-state index contributed by atoms with van der Waals surface area (Å²) in [7, 11) is 0. The molecule has 1 heterocycles. The third-order valence-corrected chi connectivity index (χ3v) is 4.02. The number of carbonyl (C=O) groups excluding carboxylic acids is 4. The highest BCUT2D eigenvalue weighted by Gasteiger charge is 2.27. The topological polar surface area (TPSA) is 105 Å². The highest BCUT2D eigenvalue weighted by molar-refractivity contribution is 6.31. The molecule has 0 bridgehead atoms. The van der Waals surface area contributed by atoms with Gasteiger partial charge in [-0.3, -0.25) is 19.3 Å². The Morgan fingerprint density at radius 3 is 2.80 bits per heavy atom. The van der Waals surface area contributed by atoms with Gasteiger partial charge < -0.3 is 15.4 Å². The number of ether oxygens (including phenoxy) is 1. The molecule has 0 aromatic heterocycles. The Morgan fingerprint density at radius 2 is 2.12 bits per heavy atom. The quantitative estimate of drug-likeness (QED) is 0.560. The number of nitrogens with one attached hydrogen (secondary N) is 2. The predicted octanol–water partition coefficient (Wildman–Crippen LogP) is 1.46. The predicted molar refractivity (Wildman–Crippen MR) is 90.1 cm³/mol. The molecule has 1 aromatic carbocycles. The fraction of sp³-hybridized carbons (Fsp3) is 0.375. The molecule has 0 unspecified atom stereocenters. The van der Waals surface area contributed by atoms with Crippen LogP contribution in [0, 0.1) is 6.92 Å². The Hall–Kier alpha value is -2.61. The Bertz CT molecular complexity index is 691. The second kappa shape index (κ2) is 8.48. The van der Waals surface area contributed by atoms with Gasteiger partial charge in [0.2, 0.25) is 5.91 Å². The number of anilines is 1. The van der Waals surface area contributed by atoms with E-state index in [2.05, 4.69) is 10.6 Å². The number of rotatable bonds is 7. The molecule has 0 atom stereocenters. The van der Waals surface area contributed by atoms with Crippen LogP contribution in [0.5, 0.6) is 0 Å². The Labute approximate surface area is 149 Å². The molecule has 8 nitrogen and oxygen atoms in total. The number of imide groups is 1. The summed E-state index contributed by atoms with van der Waals surface area (Å²) in [6.07, 6.45) is 0.271. The number of esters is 1. The van der Waals surface area contributed by atoms with Gasteiger partial charge in [-0.15, -0.1) is 0 Å². The summed E-state index contributed by atoms with van der Waals surface area (Å²) in [5, 5.41) is 5.52. The van der Waals surface area contributed by atoms with E-state index in [1.54, 1.807) is 25.1 Å². The molecule has 25 heavy (non-hydrogen) atoms. The highest BCUT2D eigenvalue weighted by Crippen LogP contribution is 2.22. The molecule has 0 aliphatic carbocycles. The van der Waals surface area contributed by atoms with Gasteiger partial charge in [0.25, 0.3) is 5.91 Å². The first kappa shape index (κ1) is 18.7. The monoisotopic (exact) mass is 367 g/mol. The first-order valence-corrected chi connectivity index (χ1v) is 8.05. The third-order valence-electron chi connectivity index (χ3n) is 3.61. The lowest BCUT2D eigenvalue weighted by Gasteiger charge is -2.12. The summed E-state index contributed by atoms with van der Waals surface area (Å²) in [6, 6.07) is 4.64. The number of hydrogen-bond donors (Lipinski definition) is 2. The van der Waals surface area contributed by atoms with Crippen LogP contribution in [-0.2, 0) is 19.1 Å². The van der Waals surface area contributed by atoms with Gasteiger partial charge in [0.05, 0.1) is 6.54 Å². The van der Waals surface area contributed by atoms with E-state index in [0.29, 0.717) is 10.7 Å². The number of benzene rings is 1. The molecule has 0 saturated carbocycles. The van der Waals surface area contributed by atoms with Crippen LogP contribution in [-0.4, -0.2) is 48.4 Å². The fourth-order valence-electron chi connectivity index (χ4n) is 2.21. The average molecular weight is 368 g/mol. The van der Waals surface area contributed by atoms with Gasteiger partial charge in [-0.05, 0) is 31.0 Å². The molecule has 2 rings (SSSR count). The van der Waals surface area contributed by atoms with Gasteiger partial charge in [0, 0.05) is 23.7 Å². The second-order valence-electron chi connectivity index (χ2n) is 5.43. The lowest BCUT2D eigenvalue weighted by molar-refractivity contribution is -0.147. The maximum Gasteiger partial charge on any atom is 0.324 e. The normalized spacial score (nSPS) is 13.6. The molecule has 1 fully saturated rings. The summed E-state index contributed by atoms with van der Waals surface area (Å²) in [4.78, 5) is 47.2. The molecule has 1 aromatic rings. The van der Waals surface area contributed by atoms with E-state index in [1.165, 1.54) is 0 Å². The second-order valence-corrected chi connectivity index (χ2v) is 5.84. The molecule has 1 aliphatic heterocycles. The fourth-order valence-corrected chi connectivity index (χ4v) is 2.39. The van der Waals surface area contributed by atoms with Crippen molar-refractivity contribution in [3.05, 3.63) is 28.8 Å². The van der Waals surface area contributed by atoms with Crippen molar-refractivity contribution in [2.75, 3.05) is 25.0 Å². The number of amides is 4. The van der Waals surface area contributed by atoms with E-state index < -0.39 is 24.5 Å². The first-order valence-electron chi connectivity index (χ1n) is 7.67. The van der Waals surface area contributed by atoms with Crippen LogP contribution >= 0.6 is 11.6 Å². The zero-order chi connectivity index (χ0) is 18.4. The largest absolute Gasteiger partial charge is 0.456 e. The smallest absolute Gasteiger partial charge is 0.324 e. The van der Waals surface area contributed by atoms with Crippen molar-refractivity contribution in [1.82, 2.24) is 10.2 Å². The van der Waals surface area contributed by atoms with Gasteiger partial charge in [-0.25, -0.2) is 4.79 Å². The molecule has 0 radical (unpaired) electrons. The van der Waals surface area contributed by atoms with Gasteiger partial charge >= 0.3 is 12.0 Å². The van der Waals surface area contributed by atoms with Crippen LogP contribution in [0.2, 0.25) is 5.02 Å². The minimum Gasteiger partial charge on any atom is -0.456 e. The van der Waals surface area contributed by atoms with E-state index in [-0.39, 0.29) is 31.8 Å². The van der Waals surface area contributed by atoms with Crippen molar-refractivity contribution in [1.29, 1.82) is 0 Å². The molecular formula is C16H18ClN3O5. The SMILES string of the molecule is Cc1c(Cl)cccc1NC(=O)COC(=O)CCCN1C(=O)CNC1=O. The summed E-state index contributed by atoms with van der Waals surface area (Å²) >= 11 is 5.96. The van der Waals surface area contributed by atoms with Crippen LogP contribution in [0.15, 0.2) is 18.2 Å². The van der Waals surface area contributed by atoms with Crippen LogP contribution in [0.4, 0.5) is 10.5 Å². The molecule has 0 spiro atoms. The summed E-state index contributed by atoms with van der Waals surface area (Å²) in [5.74, 6) is -1.38. The van der Waals surface area contributed by atoms with E-state index in [9.17, 15) is 19.2 Å². The maximum atomic E-state index is 11.8. The van der Waals surface area contributed by atoms with Gasteiger partial charge in [-0.1, -0.05) is 17.7 Å². The van der Waals surface area contributed by atoms with E-state index in [0.717, 1.165) is 10.5 Å². The van der Waals surface area contributed by atoms with Crippen molar-refractivity contribution in [2.24, 2.45) is 0 Å². The third kappa shape index (κ3) is 5.18. The standard InChI is InChI=1S/C16H18ClN3O5/c1-10-11(17)4-2-5-12(10)19-13(21)9-25-15(23)6-3-7-20-14(22)8-18-16(20)24/h2,4-5H,3,6-9H2,1H3,(H,18,24)(H,19,21). The molecule has 4 amide bonds. The Morgan fingerprint density at radius 1 is 1.36 bits per heavy atom. The number of hydrogen-bond acceptors (Lipinski definition) is 5. The van der Waals surface area contributed by atoms with Crippen molar-refractivity contribution in [2.45, 2.75) is 19.8 Å². The van der Waals surface area contributed by atoms with Crippen molar-refractivity contribution in [3.8, 4) is 0 Å². The van der Waals surface area contributed by atoms with E-state index >= 15 is 0 Å². The highest BCUT2D eigenvalue weighted by atomic mass is 35.5. The maximum absolute atomic E-state index is 11.8. The Kier molecular flexibility index (Phi) is 6.35. The van der Waals surface area contributed by atoms with Gasteiger partial charge in [0.1, 0.15) is 0 Å². The summed E-state index contributed by atoms with van der Waals surface area (Å²) < 4.78 is 4.88. The lowest BCUT2D eigenvalue weighted by atomic mass is 10.2. The molecule has 9 heteroatoms. The lowest BCUT2D eigenvalue weighted by Crippen LogP contribution is -2.32. The zero-order valence-electron chi connectivity index (χ0n) is 13.6. The minimum atomic E-state index is -0.579. The number of carbonyl (C=O) groups is 4. The summed E-state index contributed by atoms with van der Waals surface area (Å²) in [5.41, 5.74) is 1.27. The molecule has 134 valence electrons. The average Bonchev–Trinajstić information content (AvgIpc) is 2.89. The summed E-state index contributed by atoms with van der Waals surface area (Å²) in [6.45, 7) is 1.45. The van der Waals surface area contributed by atoms with Crippen LogP contribution in [0.25, 0.3) is 0 Å². The first-order chi connectivity index (χ1) is 11.9. The number of halogens is 1. The van der Waals surface area contributed by atoms with E-state index in [1.807, 2.05) is 0 Å². The van der Waals surface area contributed by atoms with Gasteiger partial charge in [0.15, 0.2) is 6.61 Å². The number of urea groups is 1. The van der Waals surface area contributed by atoms with Crippen molar-refractivity contribution in [3.63, 3.8) is 0 Å². The Balaban J connectivity index is 1.69. The van der Waals surface area contributed by atoms with E-state index in [4.69, 9.17) is 16.3 Å². The van der Waals surface area contributed by atoms with Gasteiger partial charge in [-0.2, -0.15) is 0 Å². The molecule has 1 saturated heterocycles. The van der Waals surface area contributed by atoms with Crippen LogP contribution in [0.3, 0.4) is 0 Å². The van der Waals surface area contributed by atoms with Crippen molar-refractivity contribution < 1.29 is 23.9 Å². The van der Waals surface area contributed by atoms with Crippen LogP contribution in [0.1, 0.15) is 18.4 Å². The molecular weight excluding hydrogens is 350 g/mol. The minimum absolute atomic E-state index is 0.000529.